The summed E-state index contributed by atoms with van der Waals surface area (Å²) in [5.74, 6) is 1.71. The number of ether oxygens (including phenoxy) is 2. The summed E-state index contributed by atoms with van der Waals surface area (Å²) >= 11 is 7.93. The Kier molecular flexibility index (Phi) is 8.38. The van der Waals surface area contributed by atoms with E-state index >= 15 is 0 Å². The number of hydrogen-bond donors (Lipinski definition) is 1. The quantitative estimate of drug-likeness (QED) is 0.383. The molecule has 2 rings (SSSR count). The average Bonchev–Trinajstić information content (AvgIpc) is 2.66. The minimum absolute atomic E-state index is 0.150. The molecule has 26 heavy (non-hydrogen) atoms. The second kappa shape index (κ2) is 10.8. The van der Waals surface area contributed by atoms with E-state index in [0.29, 0.717) is 29.7 Å². The Hall–Kier alpha value is -2.11. The molecule has 1 amide bonds. The lowest BCUT2D eigenvalue weighted by Crippen LogP contribution is -2.23. The van der Waals surface area contributed by atoms with Gasteiger partial charge in [-0.3, -0.25) is 4.79 Å². The maximum Gasteiger partial charge on any atom is 0.244 e. The van der Waals surface area contributed by atoms with Gasteiger partial charge < -0.3 is 14.8 Å². The third-order valence-corrected chi connectivity index (χ3v) is 4.68. The summed E-state index contributed by atoms with van der Waals surface area (Å²) in [7, 11) is 1.55. The molecule has 6 heteroatoms. The van der Waals surface area contributed by atoms with Gasteiger partial charge in [0, 0.05) is 23.3 Å². The molecule has 0 saturated carbocycles. The van der Waals surface area contributed by atoms with Crippen molar-refractivity contribution in [2.75, 3.05) is 26.0 Å². The fraction of sp³-hybridized carbons (Fsp3) is 0.250. The second-order valence-corrected chi connectivity index (χ2v) is 6.83. The number of methoxy groups -OCH3 is 1. The van der Waals surface area contributed by atoms with Gasteiger partial charge in [0.05, 0.1) is 18.7 Å². The van der Waals surface area contributed by atoms with E-state index in [-0.39, 0.29) is 5.91 Å². The van der Waals surface area contributed by atoms with Crippen LogP contribution in [0, 0.1) is 0 Å². The van der Waals surface area contributed by atoms with Crippen molar-refractivity contribution < 1.29 is 14.3 Å². The van der Waals surface area contributed by atoms with Crippen molar-refractivity contribution in [1.82, 2.24) is 5.32 Å². The predicted molar refractivity (Wildman–Crippen MR) is 108 cm³/mol. The second-order valence-electron chi connectivity index (χ2n) is 5.25. The number of benzene rings is 2. The normalized spacial score (nSPS) is 10.7. The lowest BCUT2D eigenvalue weighted by atomic mass is 10.2. The number of nitrogens with one attached hydrogen (secondary N) is 1. The summed E-state index contributed by atoms with van der Waals surface area (Å²) in [6.45, 7) is 2.97. The molecule has 0 radical (unpaired) electrons. The van der Waals surface area contributed by atoms with E-state index in [2.05, 4.69) is 17.4 Å². The number of rotatable bonds is 9. The Morgan fingerprint density at radius 1 is 1.27 bits per heavy atom. The molecule has 2 aromatic carbocycles. The number of amides is 1. The van der Waals surface area contributed by atoms with Gasteiger partial charge in [-0.05, 0) is 42.8 Å². The number of thioether (sulfide) groups is 1. The molecule has 0 saturated heterocycles. The summed E-state index contributed by atoms with van der Waals surface area (Å²) in [4.78, 5) is 13.1. The minimum atomic E-state index is -0.150. The molecule has 2 aromatic rings. The summed E-state index contributed by atoms with van der Waals surface area (Å²) in [6.07, 6.45) is 3.18. The third kappa shape index (κ3) is 6.32. The molecule has 0 fully saturated rings. The first-order chi connectivity index (χ1) is 12.6. The van der Waals surface area contributed by atoms with Crippen molar-refractivity contribution in [3.63, 3.8) is 0 Å². The summed E-state index contributed by atoms with van der Waals surface area (Å²) in [6, 6.07) is 13.6. The molecule has 4 nitrogen and oxygen atoms in total. The lowest BCUT2D eigenvalue weighted by Gasteiger charge is -2.11. The van der Waals surface area contributed by atoms with Crippen LogP contribution in [-0.4, -0.2) is 31.9 Å². The van der Waals surface area contributed by atoms with Crippen LogP contribution in [-0.2, 0) is 4.79 Å². The first-order valence-corrected chi connectivity index (χ1v) is 9.64. The van der Waals surface area contributed by atoms with Gasteiger partial charge in [0.1, 0.15) is 0 Å². The van der Waals surface area contributed by atoms with Crippen molar-refractivity contribution in [2.45, 2.75) is 11.8 Å². The number of halogens is 1. The van der Waals surface area contributed by atoms with E-state index in [4.69, 9.17) is 21.1 Å². The highest BCUT2D eigenvalue weighted by Crippen LogP contribution is 2.36. The highest BCUT2D eigenvalue weighted by atomic mass is 35.5. The fourth-order valence-electron chi connectivity index (χ4n) is 2.21. The van der Waals surface area contributed by atoms with Gasteiger partial charge >= 0.3 is 0 Å². The van der Waals surface area contributed by atoms with E-state index in [1.807, 2.05) is 25.1 Å². The van der Waals surface area contributed by atoms with E-state index in [1.165, 1.54) is 11.0 Å². The maximum absolute atomic E-state index is 11.9. The molecule has 0 unspecified atom stereocenters. The molecule has 138 valence electrons. The Morgan fingerprint density at radius 3 is 2.73 bits per heavy atom. The molecule has 0 aliphatic carbocycles. The van der Waals surface area contributed by atoms with Crippen LogP contribution < -0.4 is 14.8 Å². The fourth-order valence-corrected chi connectivity index (χ4v) is 3.27. The Bertz CT molecular complexity index is 750. The molecule has 0 aliphatic heterocycles. The molecular formula is C20H22ClNO3S. The van der Waals surface area contributed by atoms with Gasteiger partial charge in [-0.2, -0.15) is 0 Å². The topological polar surface area (TPSA) is 47.6 Å². The van der Waals surface area contributed by atoms with Crippen molar-refractivity contribution in [3.05, 3.63) is 59.1 Å². The summed E-state index contributed by atoms with van der Waals surface area (Å²) in [5, 5.41) is 3.31. The molecule has 0 atom stereocenters. The Labute approximate surface area is 163 Å². The molecule has 0 spiro atoms. The highest BCUT2D eigenvalue weighted by molar-refractivity contribution is 7.99. The van der Waals surface area contributed by atoms with Crippen LogP contribution >= 0.6 is 23.4 Å². The monoisotopic (exact) mass is 391 g/mol. The van der Waals surface area contributed by atoms with Crippen LogP contribution in [0.15, 0.2) is 53.4 Å². The Morgan fingerprint density at radius 2 is 2.04 bits per heavy atom. The zero-order valence-electron chi connectivity index (χ0n) is 14.8. The van der Waals surface area contributed by atoms with Crippen LogP contribution in [0.1, 0.15) is 12.5 Å². The third-order valence-electron chi connectivity index (χ3n) is 3.38. The average molecular weight is 392 g/mol. The van der Waals surface area contributed by atoms with Gasteiger partial charge in [-0.1, -0.05) is 29.8 Å². The highest BCUT2D eigenvalue weighted by Gasteiger charge is 2.10. The van der Waals surface area contributed by atoms with Crippen LogP contribution in [0.5, 0.6) is 11.5 Å². The van der Waals surface area contributed by atoms with Gasteiger partial charge in [-0.15, -0.1) is 11.8 Å². The van der Waals surface area contributed by atoms with Crippen molar-refractivity contribution in [3.8, 4) is 11.5 Å². The first-order valence-electron chi connectivity index (χ1n) is 8.28. The van der Waals surface area contributed by atoms with E-state index in [9.17, 15) is 4.79 Å². The predicted octanol–water partition coefficient (Wildman–Crippen LogP) is 4.67. The van der Waals surface area contributed by atoms with Gasteiger partial charge in [0.25, 0.3) is 0 Å². The van der Waals surface area contributed by atoms with Crippen LogP contribution in [0.25, 0.3) is 6.08 Å². The first kappa shape index (κ1) is 20.2. The zero-order chi connectivity index (χ0) is 18.8. The van der Waals surface area contributed by atoms with Gasteiger partial charge in [-0.25, -0.2) is 0 Å². The molecule has 0 aromatic heterocycles. The van der Waals surface area contributed by atoms with Gasteiger partial charge in [0.2, 0.25) is 5.91 Å². The van der Waals surface area contributed by atoms with Crippen LogP contribution in [0.4, 0.5) is 0 Å². The molecule has 0 bridgehead atoms. The number of carbonyl (C=O) groups excluding carboxylic acids is 1. The number of carbonyl (C=O) groups is 1. The molecule has 0 heterocycles. The zero-order valence-corrected chi connectivity index (χ0v) is 16.4. The van der Waals surface area contributed by atoms with Crippen molar-refractivity contribution in [2.24, 2.45) is 0 Å². The smallest absolute Gasteiger partial charge is 0.244 e. The van der Waals surface area contributed by atoms with Crippen molar-refractivity contribution in [1.29, 1.82) is 0 Å². The largest absolute Gasteiger partial charge is 0.493 e. The molecule has 1 N–H and O–H groups in total. The van der Waals surface area contributed by atoms with Crippen molar-refractivity contribution >= 4 is 35.3 Å². The summed E-state index contributed by atoms with van der Waals surface area (Å²) in [5.41, 5.74) is 0.768. The van der Waals surface area contributed by atoms with E-state index in [1.54, 1.807) is 37.1 Å². The van der Waals surface area contributed by atoms with E-state index < -0.39 is 0 Å². The van der Waals surface area contributed by atoms with E-state index in [0.717, 1.165) is 11.3 Å². The Balaban J connectivity index is 1.86. The molecule has 0 aliphatic rings. The lowest BCUT2D eigenvalue weighted by molar-refractivity contribution is -0.116. The SMILES string of the molecule is CCOc1c(Cl)cc(/C=C/C(=O)NCCSc2ccccc2)cc1OC. The molecular weight excluding hydrogens is 370 g/mol. The van der Waals surface area contributed by atoms with Crippen LogP contribution in [0.3, 0.4) is 0 Å². The maximum atomic E-state index is 11.9. The number of hydrogen-bond acceptors (Lipinski definition) is 4. The standard InChI is InChI=1S/C20H22ClNO3S/c1-3-25-20-17(21)13-15(14-18(20)24-2)9-10-19(23)22-11-12-26-16-7-5-4-6-8-16/h4-10,13-14H,3,11-12H2,1-2H3,(H,22,23)/b10-9+. The van der Waals surface area contributed by atoms with Crippen LogP contribution in [0.2, 0.25) is 5.02 Å². The summed E-state index contributed by atoms with van der Waals surface area (Å²) < 4.78 is 10.8. The minimum Gasteiger partial charge on any atom is -0.493 e. The van der Waals surface area contributed by atoms with Gasteiger partial charge in [0.15, 0.2) is 11.5 Å².